The molecule has 0 fully saturated rings. The molecule has 0 aromatic carbocycles. The standard InChI is InChI=1S/C12H28N3O5P/c1-15(2,10-11-20-21(17,18)19)9-8-14-12(16)6-4-3-5-7-13/h3-11,13H2,1-2H3,(H2-,14,16,17,18,19). The minimum absolute atomic E-state index is 0.0164. The van der Waals surface area contributed by atoms with E-state index in [4.69, 9.17) is 10.6 Å². The highest BCUT2D eigenvalue weighted by Crippen LogP contribution is 2.29. The topological polar surface area (TPSA) is 125 Å². The smallest absolute Gasteiger partial charge is 0.265 e. The zero-order chi connectivity index (χ0) is 16.4. The van der Waals surface area contributed by atoms with E-state index in [0.29, 0.717) is 37.1 Å². The van der Waals surface area contributed by atoms with Crippen LogP contribution in [0.3, 0.4) is 0 Å². The molecule has 9 heteroatoms. The van der Waals surface area contributed by atoms with Crippen LogP contribution < -0.4 is 15.9 Å². The van der Waals surface area contributed by atoms with Crippen LogP contribution in [0.5, 0.6) is 0 Å². The third kappa shape index (κ3) is 14.2. The molecule has 1 atom stereocenters. The highest BCUT2D eigenvalue weighted by atomic mass is 31.2. The van der Waals surface area contributed by atoms with Gasteiger partial charge in [0.15, 0.2) is 0 Å². The molecule has 8 nitrogen and oxygen atoms in total. The summed E-state index contributed by atoms with van der Waals surface area (Å²) >= 11 is 0. The number of phosphoric acid groups is 1. The fourth-order valence-electron chi connectivity index (χ4n) is 1.71. The first kappa shape index (κ1) is 20.5. The van der Waals surface area contributed by atoms with Crippen molar-refractivity contribution in [3.8, 4) is 0 Å². The second kappa shape index (κ2) is 10.3. The maximum absolute atomic E-state index is 11.6. The Hall–Kier alpha value is -0.500. The molecule has 0 aromatic rings. The Balaban J connectivity index is 3.73. The summed E-state index contributed by atoms with van der Waals surface area (Å²) in [5.41, 5.74) is 5.37. The molecule has 1 unspecified atom stereocenters. The van der Waals surface area contributed by atoms with Gasteiger partial charge in [-0.1, -0.05) is 6.42 Å². The van der Waals surface area contributed by atoms with Gasteiger partial charge in [-0.2, -0.15) is 0 Å². The van der Waals surface area contributed by atoms with Crippen molar-refractivity contribution in [3.63, 3.8) is 0 Å². The molecule has 0 radical (unpaired) electrons. The molecule has 0 aliphatic carbocycles. The van der Waals surface area contributed by atoms with Gasteiger partial charge in [-0.25, -0.2) is 0 Å². The van der Waals surface area contributed by atoms with Crippen LogP contribution in [0.1, 0.15) is 25.7 Å². The number of nitrogens with one attached hydrogen (secondary N) is 1. The molecule has 4 N–H and O–H groups in total. The lowest BCUT2D eigenvalue weighted by Gasteiger charge is -2.30. The Morgan fingerprint density at radius 3 is 2.57 bits per heavy atom. The second-order valence-electron chi connectivity index (χ2n) is 5.63. The number of phosphoric ester groups is 1. The number of carbonyl (C=O) groups is 1. The molecule has 126 valence electrons. The highest BCUT2D eigenvalue weighted by molar-refractivity contribution is 7.44. The minimum atomic E-state index is -4.65. The van der Waals surface area contributed by atoms with Gasteiger partial charge in [0.05, 0.1) is 27.2 Å². The van der Waals surface area contributed by atoms with E-state index in [-0.39, 0.29) is 12.5 Å². The van der Waals surface area contributed by atoms with Gasteiger partial charge in [0, 0.05) is 6.42 Å². The lowest BCUT2D eigenvalue weighted by Crippen LogP contribution is -2.47. The van der Waals surface area contributed by atoms with Crippen LogP contribution in [0.25, 0.3) is 0 Å². The minimum Gasteiger partial charge on any atom is -0.756 e. The van der Waals surface area contributed by atoms with Crippen LogP contribution in [0, 0.1) is 0 Å². The van der Waals surface area contributed by atoms with Gasteiger partial charge in [0.25, 0.3) is 7.82 Å². The lowest BCUT2D eigenvalue weighted by atomic mass is 10.2. The van der Waals surface area contributed by atoms with E-state index in [0.717, 1.165) is 19.3 Å². The summed E-state index contributed by atoms with van der Waals surface area (Å²) in [6.07, 6.45) is 3.23. The number of unbranched alkanes of at least 4 members (excludes halogenated alkanes) is 2. The van der Waals surface area contributed by atoms with E-state index in [1.165, 1.54) is 0 Å². The van der Waals surface area contributed by atoms with Crippen LogP contribution in [0.15, 0.2) is 0 Å². The van der Waals surface area contributed by atoms with Crippen LogP contribution in [0.4, 0.5) is 0 Å². The zero-order valence-corrected chi connectivity index (χ0v) is 13.8. The summed E-state index contributed by atoms with van der Waals surface area (Å²) in [6.45, 7) is 2.14. The van der Waals surface area contributed by atoms with Gasteiger partial charge >= 0.3 is 0 Å². The van der Waals surface area contributed by atoms with E-state index < -0.39 is 7.82 Å². The molecule has 0 saturated heterocycles. The Labute approximate surface area is 126 Å². The third-order valence-electron chi connectivity index (χ3n) is 3.10. The maximum atomic E-state index is 11.6. The van der Waals surface area contributed by atoms with Gasteiger partial charge in [0.2, 0.25) is 5.91 Å². The van der Waals surface area contributed by atoms with E-state index in [1.807, 2.05) is 14.1 Å². The predicted molar refractivity (Wildman–Crippen MR) is 78.2 cm³/mol. The molecule has 0 saturated carbocycles. The number of quaternary nitrogens is 1. The average molecular weight is 325 g/mol. The molecule has 0 aromatic heterocycles. The summed E-state index contributed by atoms with van der Waals surface area (Å²) in [7, 11) is -0.865. The molecule has 1 amide bonds. The largest absolute Gasteiger partial charge is 0.756 e. The van der Waals surface area contributed by atoms with Gasteiger partial charge in [-0.3, -0.25) is 9.36 Å². The Morgan fingerprint density at radius 1 is 1.33 bits per heavy atom. The Morgan fingerprint density at radius 2 is 2.00 bits per heavy atom. The van der Waals surface area contributed by atoms with Crippen molar-refractivity contribution < 1.29 is 28.2 Å². The summed E-state index contributed by atoms with van der Waals surface area (Å²) in [4.78, 5) is 30.5. The normalized spacial score (nSPS) is 14.7. The van der Waals surface area contributed by atoms with Gasteiger partial charge in [-0.05, 0) is 19.4 Å². The molecule has 0 heterocycles. The molecular weight excluding hydrogens is 297 g/mol. The summed E-state index contributed by atoms with van der Waals surface area (Å²) < 4.78 is 15.2. The number of hydrogen-bond acceptors (Lipinski definition) is 5. The first-order valence-electron chi connectivity index (χ1n) is 7.13. The van der Waals surface area contributed by atoms with Gasteiger partial charge in [-0.15, -0.1) is 0 Å². The average Bonchev–Trinajstić information content (AvgIpc) is 2.32. The van der Waals surface area contributed by atoms with Crippen molar-refractivity contribution in [2.45, 2.75) is 25.7 Å². The highest BCUT2D eigenvalue weighted by Gasteiger charge is 2.16. The van der Waals surface area contributed by atoms with Crippen molar-refractivity contribution in [2.24, 2.45) is 5.73 Å². The zero-order valence-electron chi connectivity index (χ0n) is 12.9. The van der Waals surface area contributed by atoms with Crippen LogP contribution in [-0.4, -0.2) is 62.2 Å². The summed E-state index contributed by atoms with van der Waals surface area (Å²) in [5, 5.41) is 2.83. The molecular formula is C12H28N3O5P. The van der Waals surface area contributed by atoms with E-state index in [2.05, 4.69) is 9.84 Å². The molecule has 0 rings (SSSR count). The number of amides is 1. The van der Waals surface area contributed by atoms with E-state index >= 15 is 0 Å². The van der Waals surface area contributed by atoms with Crippen molar-refractivity contribution in [3.05, 3.63) is 0 Å². The fourth-order valence-corrected chi connectivity index (χ4v) is 2.02. The number of carbonyl (C=O) groups excluding carboxylic acids is 1. The number of rotatable bonds is 12. The number of hydrogen-bond donors (Lipinski definition) is 3. The molecule has 0 aliphatic rings. The molecule has 0 spiro atoms. The van der Waals surface area contributed by atoms with E-state index in [1.54, 1.807) is 0 Å². The molecule has 0 aliphatic heterocycles. The van der Waals surface area contributed by atoms with Crippen molar-refractivity contribution >= 4 is 13.7 Å². The Kier molecular flexibility index (Phi) is 10.0. The second-order valence-corrected chi connectivity index (χ2v) is 6.83. The van der Waals surface area contributed by atoms with Gasteiger partial charge < -0.3 is 29.8 Å². The first-order chi connectivity index (χ1) is 9.66. The first-order valence-corrected chi connectivity index (χ1v) is 8.63. The Bertz CT molecular complexity index is 346. The van der Waals surface area contributed by atoms with Crippen molar-refractivity contribution in [2.75, 3.05) is 46.9 Å². The molecule has 0 bridgehead atoms. The van der Waals surface area contributed by atoms with Crippen LogP contribution >= 0.6 is 7.82 Å². The predicted octanol–water partition coefficient (Wildman–Crippen LogP) is -0.825. The molecule has 21 heavy (non-hydrogen) atoms. The quantitative estimate of drug-likeness (QED) is 0.244. The SMILES string of the molecule is C[N+](C)(CCNC(=O)CCCCCN)CCOP(=O)([O-])O. The lowest BCUT2D eigenvalue weighted by molar-refractivity contribution is -0.889. The van der Waals surface area contributed by atoms with Crippen molar-refractivity contribution in [1.82, 2.24) is 5.32 Å². The number of nitrogens with zero attached hydrogens (tertiary/aromatic N) is 1. The number of likely N-dealkylation sites (N-methyl/N-ethyl adjacent to an activating group) is 1. The summed E-state index contributed by atoms with van der Waals surface area (Å²) in [5.74, 6) is 0.0164. The third-order valence-corrected chi connectivity index (χ3v) is 3.61. The number of nitrogens with two attached hydrogens (primary N) is 1. The summed E-state index contributed by atoms with van der Waals surface area (Å²) in [6, 6.07) is 0. The van der Waals surface area contributed by atoms with Crippen LogP contribution in [0.2, 0.25) is 0 Å². The van der Waals surface area contributed by atoms with Crippen LogP contribution in [-0.2, 0) is 13.9 Å². The van der Waals surface area contributed by atoms with Gasteiger partial charge in [0.1, 0.15) is 13.2 Å². The van der Waals surface area contributed by atoms with Crippen molar-refractivity contribution in [1.29, 1.82) is 0 Å². The maximum Gasteiger partial charge on any atom is 0.265 e. The fraction of sp³-hybridized carbons (Fsp3) is 0.917. The monoisotopic (exact) mass is 325 g/mol. The van der Waals surface area contributed by atoms with E-state index in [9.17, 15) is 14.3 Å².